The molecule has 2 aliphatic rings. The lowest BCUT2D eigenvalue weighted by Gasteiger charge is -2.28. The minimum atomic E-state index is -0.910. The van der Waals surface area contributed by atoms with E-state index in [1.165, 1.54) is 4.90 Å². The molecule has 0 aromatic rings. The van der Waals surface area contributed by atoms with Gasteiger partial charge >= 0.3 is 0 Å². The van der Waals surface area contributed by atoms with E-state index in [-0.39, 0.29) is 17.7 Å². The molecule has 2 N–H and O–H groups in total. The van der Waals surface area contributed by atoms with Crippen molar-refractivity contribution >= 4 is 5.91 Å². The van der Waals surface area contributed by atoms with Gasteiger partial charge in [0.05, 0.1) is 12.2 Å². The largest absolute Gasteiger partial charge is 0.393 e. The Morgan fingerprint density at radius 3 is 2.86 bits per heavy atom. The van der Waals surface area contributed by atoms with E-state index in [2.05, 4.69) is 6.07 Å². The second-order valence-corrected chi connectivity index (χ2v) is 6.02. The van der Waals surface area contributed by atoms with Crippen LogP contribution in [0.1, 0.15) is 33.1 Å². The fourth-order valence-corrected chi connectivity index (χ4v) is 2.87. The average Bonchev–Trinajstić information content (AvgIpc) is 2.72. The summed E-state index contributed by atoms with van der Waals surface area (Å²) in [4.78, 5) is 13.7. The maximum atomic E-state index is 12.3. The lowest BCUT2D eigenvalue weighted by Crippen LogP contribution is -2.41. The minimum absolute atomic E-state index is 0.130. The zero-order valence-corrected chi connectivity index (χ0v) is 12.5. The van der Waals surface area contributed by atoms with Gasteiger partial charge in [0.15, 0.2) is 6.23 Å². The van der Waals surface area contributed by atoms with Crippen molar-refractivity contribution < 1.29 is 15.0 Å². The number of carbonyl (C=O) groups excluding carboxylic acids is 1. The fourth-order valence-electron chi connectivity index (χ4n) is 2.87. The van der Waals surface area contributed by atoms with Crippen molar-refractivity contribution in [2.45, 2.75) is 45.4 Å². The van der Waals surface area contributed by atoms with Crippen LogP contribution in [0.3, 0.4) is 0 Å². The lowest BCUT2D eigenvalue weighted by atomic mass is 9.95. The van der Waals surface area contributed by atoms with Crippen LogP contribution in [0.2, 0.25) is 0 Å². The summed E-state index contributed by atoms with van der Waals surface area (Å²) >= 11 is 0. The SMILES string of the molecule is CC(C#N)CC(O)C(C)CN1C(=O)C2=C(C=CCC2)C1O. The summed E-state index contributed by atoms with van der Waals surface area (Å²) in [7, 11) is 0. The van der Waals surface area contributed by atoms with E-state index < -0.39 is 12.3 Å². The summed E-state index contributed by atoms with van der Waals surface area (Å²) in [6.45, 7) is 3.89. The predicted octanol–water partition coefficient (Wildman–Crippen LogP) is 1.34. The summed E-state index contributed by atoms with van der Waals surface area (Å²) in [6.07, 6.45) is 4.08. The van der Waals surface area contributed by atoms with Gasteiger partial charge in [-0.15, -0.1) is 0 Å². The molecule has 21 heavy (non-hydrogen) atoms. The Kier molecular flexibility index (Phi) is 4.81. The number of aliphatic hydroxyl groups excluding tert-OH is 2. The zero-order valence-electron chi connectivity index (χ0n) is 12.5. The predicted molar refractivity (Wildman–Crippen MR) is 77.7 cm³/mol. The van der Waals surface area contributed by atoms with Crippen molar-refractivity contribution in [3.8, 4) is 6.07 Å². The molecular formula is C16H22N2O3. The molecule has 114 valence electrons. The summed E-state index contributed by atoms with van der Waals surface area (Å²) in [6, 6.07) is 2.10. The van der Waals surface area contributed by atoms with Gasteiger partial charge in [-0.25, -0.2) is 0 Å². The maximum absolute atomic E-state index is 12.3. The van der Waals surface area contributed by atoms with Crippen LogP contribution in [-0.2, 0) is 4.79 Å². The van der Waals surface area contributed by atoms with E-state index >= 15 is 0 Å². The molecule has 1 aliphatic carbocycles. The zero-order chi connectivity index (χ0) is 15.6. The Morgan fingerprint density at radius 2 is 2.24 bits per heavy atom. The maximum Gasteiger partial charge on any atom is 0.252 e. The van der Waals surface area contributed by atoms with Crippen LogP contribution in [0, 0.1) is 23.2 Å². The quantitative estimate of drug-likeness (QED) is 0.800. The normalized spacial score (nSPS) is 25.6. The summed E-state index contributed by atoms with van der Waals surface area (Å²) in [5.41, 5.74) is 1.38. The molecule has 0 saturated heterocycles. The Labute approximate surface area is 125 Å². The van der Waals surface area contributed by atoms with Gasteiger partial charge in [-0.3, -0.25) is 4.79 Å². The molecule has 4 atom stereocenters. The van der Waals surface area contributed by atoms with Gasteiger partial charge in [0.25, 0.3) is 5.91 Å². The van der Waals surface area contributed by atoms with Gasteiger partial charge in [-0.2, -0.15) is 5.26 Å². The van der Waals surface area contributed by atoms with Gasteiger partial charge in [0.2, 0.25) is 0 Å². The third-order valence-corrected chi connectivity index (χ3v) is 4.26. The number of hydrogen-bond acceptors (Lipinski definition) is 4. The number of nitrogens with zero attached hydrogens (tertiary/aromatic N) is 2. The molecular weight excluding hydrogens is 268 g/mol. The molecule has 0 fully saturated rings. The first-order valence-corrected chi connectivity index (χ1v) is 7.42. The van der Waals surface area contributed by atoms with Crippen LogP contribution in [-0.4, -0.2) is 39.9 Å². The van der Waals surface area contributed by atoms with Crippen molar-refractivity contribution in [3.63, 3.8) is 0 Å². The van der Waals surface area contributed by atoms with Crippen LogP contribution in [0.4, 0.5) is 0 Å². The molecule has 4 unspecified atom stereocenters. The van der Waals surface area contributed by atoms with E-state index in [1.54, 1.807) is 6.92 Å². The average molecular weight is 290 g/mol. The van der Waals surface area contributed by atoms with E-state index in [4.69, 9.17) is 5.26 Å². The molecule has 2 rings (SSSR count). The van der Waals surface area contributed by atoms with Gasteiger partial charge < -0.3 is 15.1 Å². The number of amides is 1. The highest BCUT2D eigenvalue weighted by atomic mass is 16.3. The van der Waals surface area contributed by atoms with Crippen LogP contribution in [0.15, 0.2) is 23.3 Å². The molecule has 0 spiro atoms. The Morgan fingerprint density at radius 1 is 1.52 bits per heavy atom. The smallest absolute Gasteiger partial charge is 0.252 e. The molecule has 0 saturated carbocycles. The molecule has 5 heteroatoms. The third kappa shape index (κ3) is 3.17. The van der Waals surface area contributed by atoms with E-state index in [9.17, 15) is 15.0 Å². The first kappa shape index (κ1) is 15.7. The van der Waals surface area contributed by atoms with Crippen molar-refractivity contribution in [2.75, 3.05) is 6.54 Å². The summed E-state index contributed by atoms with van der Waals surface area (Å²) in [5, 5.41) is 29.2. The highest BCUT2D eigenvalue weighted by Crippen LogP contribution is 2.32. The van der Waals surface area contributed by atoms with Gasteiger partial charge in [0, 0.05) is 23.6 Å². The van der Waals surface area contributed by atoms with E-state index in [0.29, 0.717) is 30.5 Å². The number of aliphatic hydroxyl groups is 2. The van der Waals surface area contributed by atoms with Crippen LogP contribution in [0.5, 0.6) is 0 Å². The van der Waals surface area contributed by atoms with Crippen LogP contribution >= 0.6 is 0 Å². The molecule has 0 radical (unpaired) electrons. The van der Waals surface area contributed by atoms with Gasteiger partial charge in [-0.1, -0.05) is 19.1 Å². The number of hydrogen-bond donors (Lipinski definition) is 2. The number of rotatable bonds is 5. The lowest BCUT2D eigenvalue weighted by molar-refractivity contribution is -0.133. The van der Waals surface area contributed by atoms with E-state index in [0.717, 1.165) is 6.42 Å². The van der Waals surface area contributed by atoms with Crippen molar-refractivity contribution in [2.24, 2.45) is 11.8 Å². The standard InChI is InChI=1S/C16H22N2O3/c1-10(8-17)7-14(19)11(2)9-18-15(20)12-5-3-4-6-13(12)16(18)21/h3,5,10-11,14-15,19-20H,4,6-7,9H2,1-2H3. The first-order valence-electron chi connectivity index (χ1n) is 7.42. The third-order valence-electron chi connectivity index (χ3n) is 4.26. The minimum Gasteiger partial charge on any atom is -0.393 e. The number of nitriles is 1. The molecule has 0 aromatic heterocycles. The fraction of sp³-hybridized carbons (Fsp3) is 0.625. The van der Waals surface area contributed by atoms with Gasteiger partial charge in [-0.05, 0) is 32.1 Å². The summed E-state index contributed by atoms with van der Waals surface area (Å²) < 4.78 is 0. The molecule has 5 nitrogen and oxygen atoms in total. The highest BCUT2D eigenvalue weighted by Gasteiger charge is 2.38. The number of allylic oxidation sites excluding steroid dienone is 1. The monoisotopic (exact) mass is 290 g/mol. The van der Waals surface area contributed by atoms with Crippen LogP contribution < -0.4 is 0 Å². The van der Waals surface area contributed by atoms with Crippen molar-refractivity contribution in [3.05, 3.63) is 23.3 Å². The molecule has 1 amide bonds. The Balaban J connectivity index is 2.00. The highest BCUT2D eigenvalue weighted by molar-refractivity contribution is 5.98. The number of carbonyl (C=O) groups is 1. The van der Waals surface area contributed by atoms with Crippen molar-refractivity contribution in [1.82, 2.24) is 4.90 Å². The topological polar surface area (TPSA) is 84.6 Å². The Hall–Kier alpha value is -1.64. The van der Waals surface area contributed by atoms with E-state index in [1.807, 2.05) is 19.1 Å². The summed E-state index contributed by atoms with van der Waals surface area (Å²) in [5.74, 6) is -0.546. The van der Waals surface area contributed by atoms with Crippen molar-refractivity contribution in [1.29, 1.82) is 5.26 Å². The van der Waals surface area contributed by atoms with Crippen LogP contribution in [0.25, 0.3) is 0 Å². The second kappa shape index (κ2) is 6.42. The molecule has 1 aliphatic heterocycles. The molecule has 0 aromatic carbocycles. The first-order chi connectivity index (χ1) is 9.95. The molecule has 1 heterocycles. The Bertz CT molecular complexity index is 518. The molecule has 0 bridgehead atoms. The van der Waals surface area contributed by atoms with Gasteiger partial charge in [0.1, 0.15) is 0 Å². The second-order valence-electron chi connectivity index (χ2n) is 6.02.